The number of hydrogen-bond donors (Lipinski definition) is 0. The Morgan fingerprint density at radius 1 is 0.733 bits per heavy atom. The summed E-state index contributed by atoms with van der Waals surface area (Å²) in [6.45, 7) is 19.3. The van der Waals surface area contributed by atoms with Crippen LogP contribution in [0, 0.1) is 10.8 Å². The lowest BCUT2D eigenvalue weighted by Gasteiger charge is -2.23. The molecule has 2 rings (SSSR count). The molecule has 0 unspecified atom stereocenters. The van der Waals surface area contributed by atoms with Crippen LogP contribution in [0.25, 0.3) is 0 Å². The van der Waals surface area contributed by atoms with Crippen molar-refractivity contribution in [3.05, 3.63) is 21.5 Å². The summed E-state index contributed by atoms with van der Waals surface area (Å²) in [7, 11) is -1.27. The van der Waals surface area contributed by atoms with Gasteiger partial charge in [-0.3, -0.25) is 0 Å². The molecule has 1 heteroatoms. The predicted octanol–water partition coefficient (Wildman–Crippen LogP) is 4.49. The molecule has 0 fully saturated rings. The van der Waals surface area contributed by atoms with Crippen molar-refractivity contribution in [2.45, 2.75) is 54.6 Å². The fourth-order valence-electron chi connectivity index (χ4n) is 3.94. The molecule has 2 aliphatic rings. The summed E-state index contributed by atoms with van der Waals surface area (Å²) in [5.41, 5.74) is 4.23. The van der Waals surface area contributed by atoms with Crippen LogP contribution in [0.4, 0.5) is 0 Å². The van der Waals surface area contributed by atoms with E-state index in [0.717, 1.165) is 0 Å². The molecule has 0 saturated carbocycles. The van der Waals surface area contributed by atoms with Crippen LogP contribution in [0.3, 0.4) is 0 Å². The van der Waals surface area contributed by atoms with Crippen molar-refractivity contribution in [1.82, 2.24) is 0 Å². The van der Waals surface area contributed by atoms with Crippen LogP contribution >= 0.6 is 0 Å². The van der Waals surface area contributed by atoms with E-state index in [9.17, 15) is 0 Å². The minimum absolute atomic E-state index is 0.446. The Bertz CT molecular complexity index is 365. The highest BCUT2D eigenvalue weighted by atomic mass is 28.3. The summed E-state index contributed by atoms with van der Waals surface area (Å²) in [5.74, 6) is 0. The molecular weight excluding hydrogens is 196 g/mol. The summed E-state index contributed by atoms with van der Waals surface area (Å²) in [6, 6.07) is 0. The van der Waals surface area contributed by atoms with E-state index in [1.54, 1.807) is 11.1 Å². The predicted molar refractivity (Wildman–Crippen MR) is 70.4 cm³/mol. The molecule has 0 radical (unpaired) electrons. The fourth-order valence-corrected chi connectivity index (χ4v) is 10.1. The average molecular weight is 220 g/mol. The fraction of sp³-hybridized carbons (Fsp3) is 0.714. The SMILES string of the molecule is CC1=C([Si](C)(C)C2=C(C)C2(C)C)C1(C)C. The highest BCUT2D eigenvalue weighted by Gasteiger charge is 2.59. The average Bonchev–Trinajstić information content (AvgIpc) is 2.68. The van der Waals surface area contributed by atoms with Gasteiger partial charge in [-0.15, -0.1) is 0 Å². The number of rotatable bonds is 2. The zero-order valence-electron chi connectivity index (χ0n) is 11.5. The van der Waals surface area contributed by atoms with Crippen LogP contribution < -0.4 is 0 Å². The van der Waals surface area contributed by atoms with Crippen LogP contribution in [0.5, 0.6) is 0 Å². The zero-order valence-corrected chi connectivity index (χ0v) is 12.5. The summed E-state index contributed by atoms with van der Waals surface area (Å²) in [5, 5.41) is 3.63. The monoisotopic (exact) mass is 220 g/mol. The van der Waals surface area contributed by atoms with E-state index in [0.29, 0.717) is 10.8 Å². The molecule has 2 aliphatic carbocycles. The first kappa shape index (κ1) is 11.2. The Labute approximate surface area is 95.5 Å². The van der Waals surface area contributed by atoms with Gasteiger partial charge in [0.1, 0.15) is 8.07 Å². The molecule has 0 amide bonds. The molecule has 0 spiro atoms. The third-order valence-corrected chi connectivity index (χ3v) is 9.50. The van der Waals surface area contributed by atoms with E-state index in [-0.39, 0.29) is 0 Å². The van der Waals surface area contributed by atoms with Gasteiger partial charge >= 0.3 is 0 Å². The largest absolute Gasteiger partial charge is 0.105 e. The Kier molecular flexibility index (Phi) is 1.87. The van der Waals surface area contributed by atoms with Gasteiger partial charge in [0.25, 0.3) is 0 Å². The van der Waals surface area contributed by atoms with E-state index >= 15 is 0 Å². The van der Waals surface area contributed by atoms with Crippen molar-refractivity contribution in [3.63, 3.8) is 0 Å². The van der Waals surface area contributed by atoms with Gasteiger partial charge in [-0.05, 0) is 13.8 Å². The summed E-state index contributed by atoms with van der Waals surface area (Å²) < 4.78 is 0. The molecular formula is C14H24Si. The Balaban J connectivity index is 2.33. The van der Waals surface area contributed by atoms with Crippen molar-refractivity contribution in [2.24, 2.45) is 10.8 Å². The Hall–Kier alpha value is -0.303. The molecule has 0 aliphatic heterocycles. The first-order chi connectivity index (χ1) is 6.55. The van der Waals surface area contributed by atoms with Crippen molar-refractivity contribution >= 4 is 8.07 Å². The van der Waals surface area contributed by atoms with E-state index in [1.165, 1.54) is 0 Å². The maximum absolute atomic E-state index is 2.54. The molecule has 0 nitrogen and oxygen atoms in total. The summed E-state index contributed by atoms with van der Waals surface area (Å²) >= 11 is 0. The Morgan fingerprint density at radius 3 is 1.07 bits per heavy atom. The molecule has 0 heterocycles. The lowest BCUT2D eigenvalue weighted by atomic mass is 10.1. The second-order valence-corrected chi connectivity index (χ2v) is 11.1. The maximum atomic E-state index is 2.54. The molecule has 0 aromatic heterocycles. The first-order valence-electron chi connectivity index (χ1n) is 6.00. The molecule has 0 atom stereocenters. The minimum atomic E-state index is -1.27. The first-order valence-corrected chi connectivity index (χ1v) is 9.00. The van der Waals surface area contributed by atoms with Gasteiger partial charge in [-0.2, -0.15) is 0 Å². The molecule has 15 heavy (non-hydrogen) atoms. The normalized spacial score (nSPS) is 27.2. The van der Waals surface area contributed by atoms with E-state index < -0.39 is 8.07 Å². The second-order valence-electron chi connectivity index (χ2n) is 6.88. The van der Waals surface area contributed by atoms with Gasteiger partial charge in [0.15, 0.2) is 0 Å². The van der Waals surface area contributed by atoms with Gasteiger partial charge in [0.05, 0.1) is 0 Å². The molecule has 0 N–H and O–H groups in total. The highest BCUT2D eigenvalue weighted by Crippen LogP contribution is 2.64. The smallest absolute Gasteiger partial charge is 0.0674 e. The van der Waals surface area contributed by atoms with Crippen LogP contribution in [0.1, 0.15) is 41.5 Å². The standard InChI is InChI=1S/C14H24Si/c1-9-11(13(9,3)4)15(7,8)12-10(2)14(12,5)6/h1-8H3. The van der Waals surface area contributed by atoms with Gasteiger partial charge in [-0.25, -0.2) is 0 Å². The maximum Gasteiger partial charge on any atom is 0.105 e. The van der Waals surface area contributed by atoms with Crippen LogP contribution in [-0.4, -0.2) is 8.07 Å². The highest BCUT2D eigenvalue weighted by molar-refractivity contribution is 6.93. The van der Waals surface area contributed by atoms with E-state index in [2.05, 4.69) is 54.6 Å². The van der Waals surface area contributed by atoms with Crippen molar-refractivity contribution in [2.75, 3.05) is 0 Å². The van der Waals surface area contributed by atoms with Gasteiger partial charge in [-0.1, -0.05) is 62.3 Å². The molecule has 84 valence electrons. The summed E-state index contributed by atoms with van der Waals surface area (Å²) in [6.07, 6.45) is 0. The zero-order chi connectivity index (χ0) is 11.8. The lowest BCUT2D eigenvalue weighted by molar-refractivity contribution is 0.678. The third-order valence-electron chi connectivity index (χ3n) is 5.00. The van der Waals surface area contributed by atoms with Gasteiger partial charge in [0.2, 0.25) is 0 Å². The summed E-state index contributed by atoms with van der Waals surface area (Å²) in [4.78, 5) is 0. The molecule has 0 aromatic rings. The molecule has 0 bridgehead atoms. The van der Waals surface area contributed by atoms with Crippen molar-refractivity contribution in [1.29, 1.82) is 0 Å². The lowest BCUT2D eigenvalue weighted by Crippen LogP contribution is -2.30. The van der Waals surface area contributed by atoms with Gasteiger partial charge in [0, 0.05) is 10.8 Å². The molecule has 0 aromatic carbocycles. The van der Waals surface area contributed by atoms with E-state index in [4.69, 9.17) is 0 Å². The topological polar surface area (TPSA) is 0 Å². The van der Waals surface area contributed by atoms with E-state index in [1.807, 2.05) is 10.4 Å². The van der Waals surface area contributed by atoms with Crippen LogP contribution in [-0.2, 0) is 0 Å². The van der Waals surface area contributed by atoms with Crippen molar-refractivity contribution in [3.8, 4) is 0 Å². The third kappa shape index (κ3) is 1.19. The van der Waals surface area contributed by atoms with Crippen LogP contribution in [0.15, 0.2) is 21.5 Å². The van der Waals surface area contributed by atoms with Crippen LogP contribution in [0.2, 0.25) is 13.1 Å². The van der Waals surface area contributed by atoms with Crippen molar-refractivity contribution < 1.29 is 0 Å². The molecule has 0 saturated heterocycles. The van der Waals surface area contributed by atoms with Gasteiger partial charge < -0.3 is 0 Å². The number of allylic oxidation sites excluding steroid dienone is 4. The Morgan fingerprint density at radius 2 is 0.933 bits per heavy atom. The number of hydrogen-bond acceptors (Lipinski definition) is 0. The second kappa shape index (κ2) is 2.50. The minimum Gasteiger partial charge on any atom is -0.0674 e. The quantitative estimate of drug-likeness (QED) is 0.602.